The van der Waals surface area contributed by atoms with Crippen LogP contribution in [0.15, 0.2) is 16.6 Å². The monoisotopic (exact) mass is 313 g/mol. The molecule has 4 heteroatoms. The Kier molecular flexibility index (Phi) is 3.99. The molecule has 0 radical (unpaired) electrons. The fraction of sp³-hybridized carbons (Fsp3) is 0.571. The maximum Gasteiger partial charge on any atom is 0.123 e. The van der Waals surface area contributed by atoms with Crippen LogP contribution in [-0.4, -0.2) is 35.3 Å². The van der Waals surface area contributed by atoms with Gasteiger partial charge in [0.25, 0.3) is 0 Å². The van der Waals surface area contributed by atoms with Crippen molar-refractivity contribution < 1.29 is 9.84 Å². The highest BCUT2D eigenvalue weighted by Crippen LogP contribution is 2.29. The maximum absolute atomic E-state index is 10.1. The van der Waals surface area contributed by atoms with Crippen molar-refractivity contribution in [1.29, 1.82) is 0 Å². The van der Waals surface area contributed by atoms with E-state index in [2.05, 4.69) is 34.7 Å². The molecule has 0 aromatic heterocycles. The Balaban J connectivity index is 2.14. The zero-order chi connectivity index (χ0) is 13.3. The molecule has 0 saturated carbocycles. The van der Waals surface area contributed by atoms with Crippen molar-refractivity contribution >= 4 is 15.9 Å². The summed E-state index contributed by atoms with van der Waals surface area (Å²) in [6, 6.07) is 3.92. The Morgan fingerprint density at radius 1 is 1.44 bits per heavy atom. The van der Waals surface area contributed by atoms with Gasteiger partial charge in [-0.05, 0) is 38.5 Å². The lowest BCUT2D eigenvalue weighted by Gasteiger charge is -2.38. The molecule has 3 nitrogen and oxygen atoms in total. The summed E-state index contributed by atoms with van der Waals surface area (Å²) < 4.78 is 6.71. The Bertz CT molecular complexity index is 446. The van der Waals surface area contributed by atoms with Crippen molar-refractivity contribution in [3.8, 4) is 5.75 Å². The zero-order valence-corrected chi connectivity index (χ0v) is 12.7. The van der Waals surface area contributed by atoms with Gasteiger partial charge in [0.1, 0.15) is 5.75 Å². The number of nitrogens with zero attached hydrogens (tertiary/aromatic N) is 1. The topological polar surface area (TPSA) is 32.7 Å². The van der Waals surface area contributed by atoms with Gasteiger partial charge in [-0.3, -0.25) is 4.90 Å². The summed E-state index contributed by atoms with van der Waals surface area (Å²) in [6.07, 6.45) is 0. The lowest BCUT2D eigenvalue weighted by atomic mass is 10.1. The van der Waals surface area contributed by atoms with E-state index in [1.54, 1.807) is 0 Å². The van der Waals surface area contributed by atoms with Crippen molar-refractivity contribution in [3.05, 3.63) is 27.7 Å². The lowest BCUT2D eigenvalue weighted by Crippen LogP contribution is -2.47. The molecule has 0 spiro atoms. The number of halogens is 1. The molecule has 0 aliphatic carbocycles. The number of benzene rings is 1. The second-order valence-electron chi connectivity index (χ2n) is 5.55. The Morgan fingerprint density at radius 3 is 2.83 bits per heavy atom. The van der Waals surface area contributed by atoms with Crippen molar-refractivity contribution in [1.82, 2.24) is 4.90 Å². The third-order valence-corrected chi connectivity index (χ3v) is 3.70. The van der Waals surface area contributed by atoms with Crippen LogP contribution < -0.4 is 0 Å². The molecule has 1 aliphatic heterocycles. The van der Waals surface area contributed by atoms with Crippen LogP contribution in [0.5, 0.6) is 5.75 Å². The molecule has 18 heavy (non-hydrogen) atoms. The molecule has 1 N–H and O–H groups in total. The van der Waals surface area contributed by atoms with Crippen LogP contribution in [0.1, 0.15) is 25.0 Å². The van der Waals surface area contributed by atoms with Crippen molar-refractivity contribution in [2.24, 2.45) is 0 Å². The minimum Gasteiger partial charge on any atom is -0.507 e. The van der Waals surface area contributed by atoms with Crippen LogP contribution in [0, 0.1) is 6.92 Å². The molecule has 1 aromatic carbocycles. The zero-order valence-electron chi connectivity index (χ0n) is 11.2. The highest BCUT2D eigenvalue weighted by atomic mass is 79.9. The Morgan fingerprint density at radius 2 is 2.17 bits per heavy atom. The van der Waals surface area contributed by atoms with E-state index < -0.39 is 0 Å². The Labute approximate surface area is 117 Å². The van der Waals surface area contributed by atoms with E-state index in [0.29, 0.717) is 5.75 Å². The van der Waals surface area contributed by atoms with Crippen LogP contribution in [0.3, 0.4) is 0 Å². The second kappa shape index (κ2) is 5.19. The summed E-state index contributed by atoms with van der Waals surface area (Å²) in [5, 5.41) is 10.1. The minimum atomic E-state index is -0.102. The first kappa shape index (κ1) is 13.8. The first-order valence-electron chi connectivity index (χ1n) is 6.22. The van der Waals surface area contributed by atoms with Gasteiger partial charge in [-0.2, -0.15) is 0 Å². The minimum absolute atomic E-state index is 0.102. The van der Waals surface area contributed by atoms with Crippen molar-refractivity contribution in [3.63, 3.8) is 0 Å². The van der Waals surface area contributed by atoms with Crippen LogP contribution >= 0.6 is 15.9 Å². The largest absolute Gasteiger partial charge is 0.507 e. The lowest BCUT2D eigenvalue weighted by molar-refractivity contribution is -0.0883. The summed E-state index contributed by atoms with van der Waals surface area (Å²) in [5.41, 5.74) is 1.78. The predicted octanol–water partition coefficient (Wildman–Crippen LogP) is 3.07. The normalized spacial score (nSPS) is 20.0. The number of rotatable bonds is 2. The molecule has 0 unspecified atom stereocenters. The van der Waals surface area contributed by atoms with Crippen molar-refractivity contribution in [2.75, 3.05) is 19.7 Å². The second-order valence-corrected chi connectivity index (χ2v) is 6.46. The summed E-state index contributed by atoms with van der Waals surface area (Å²) in [6.45, 7) is 9.44. The average Bonchev–Trinajstić information content (AvgIpc) is 2.24. The summed E-state index contributed by atoms with van der Waals surface area (Å²) >= 11 is 3.48. The van der Waals surface area contributed by atoms with Gasteiger partial charge in [0.05, 0.1) is 12.2 Å². The maximum atomic E-state index is 10.1. The number of hydrogen-bond donors (Lipinski definition) is 1. The van der Waals surface area contributed by atoms with E-state index in [4.69, 9.17) is 4.74 Å². The average molecular weight is 314 g/mol. The van der Waals surface area contributed by atoms with Gasteiger partial charge in [0.15, 0.2) is 0 Å². The summed E-state index contributed by atoms with van der Waals surface area (Å²) in [5.74, 6) is 0.405. The van der Waals surface area contributed by atoms with Crippen LogP contribution in [-0.2, 0) is 11.3 Å². The highest BCUT2D eigenvalue weighted by molar-refractivity contribution is 9.10. The molecule has 0 atom stereocenters. The first-order chi connectivity index (χ1) is 8.37. The van der Waals surface area contributed by atoms with Crippen LogP contribution in [0.2, 0.25) is 0 Å². The molecule has 1 fully saturated rings. The van der Waals surface area contributed by atoms with E-state index in [-0.39, 0.29) is 5.60 Å². The van der Waals surface area contributed by atoms with Gasteiger partial charge in [-0.25, -0.2) is 0 Å². The molecule has 1 heterocycles. The van der Waals surface area contributed by atoms with E-state index in [0.717, 1.165) is 41.8 Å². The number of phenolic OH excluding ortho intramolecular Hbond substituents is 1. The van der Waals surface area contributed by atoms with E-state index in [1.807, 2.05) is 19.1 Å². The molecule has 100 valence electrons. The van der Waals surface area contributed by atoms with E-state index >= 15 is 0 Å². The van der Waals surface area contributed by atoms with Gasteiger partial charge >= 0.3 is 0 Å². The molecule has 1 aliphatic rings. The predicted molar refractivity (Wildman–Crippen MR) is 75.9 cm³/mol. The molecular weight excluding hydrogens is 294 g/mol. The summed E-state index contributed by atoms with van der Waals surface area (Å²) in [4.78, 5) is 2.32. The molecular formula is C14H20BrNO2. The number of aryl methyl sites for hydroxylation is 1. The fourth-order valence-corrected chi connectivity index (χ4v) is 3.04. The molecule has 1 saturated heterocycles. The van der Waals surface area contributed by atoms with Gasteiger partial charge < -0.3 is 9.84 Å². The van der Waals surface area contributed by atoms with E-state index in [1.165, 1.54) is 0 Å². The number of hydrogen-bond acceptors (Lipinski definition) is 3. The number of morpholine rings is 1. The van der Waals surface area contributed by atoms with Crippen molar-refractivity contribution in [2.45, 2.75) is 32.9 Å². The van der Waals surface area contributed by atoms with Gasteiger partial charge in [-0.1, -0.05) is 15.9 Å². The van der Waals surface area contributed by atoms with Crippen LogP contribution in [0.25, 0.3) is 0 Å². The molecule has 0 bridgehead atoms. The number of phenols is 1. The van der Waals surface area contributed by atoms with Gasteiger partial charge in [-0.15, -0.1) is 0 Å². The van der Waals surface area contributed by atoms with E-state index in [9.17, 15) is 5.11 Å². The SMILES string of the molecule is Cc1cc(Br)cc(CN2CCOC(C)(C)C2)c1O. The summed E-state index contributed by atoms with van der Waals surface area (Å²) in [7, 11) is 0. The quantitative estimate of drug-likeness (QED) is 0.910. The van der Waals surface area contributed by atoms with Crippen LogP contribution in [0.4, 0.5) is 0 Å². The standard InChI is InChI=1S/C14H20BrNO2/c1-10-6-12(15)7-11(13(10)17)8-16-4-5-18-14(2,3)9-16/h6-7,17H,4-5,8-9H2,1-3H3. The smallest absolute Gasteiger partial charge is 0.123 e. The fourth-order valence-electron chi connectivity index (χ4n) is 2.42. The molecule has 0 amide bonds. The first-order valence-corrected chi connectivity index (χ1v) is 7.01. The van der Waals surface area contributed by atoms with Gasteiger partial charge in [0.2, 0.25) is 0 Å². The molecule has 1 aromatic rings. The highest BCUT2D eigenvalue weighted by Gasteiger charge is 2.27. The number of ether oxygens (including phenoxy) is 1. The van der Waals surface area contributed by atoms with Gasteiger partial charge in [0, 0.05) is 29.7 Å². The Hall–Kier alpha value is -0.580. The third kappa shape index (κ3) is 3.25. The molecule has 2 rings (SSSR count). The number of aromatic hydroxyl groups is 1. The third-order valence-electron chi connectivity index (χ3n) is 3.24.